The van der Waals surface area contributed by atoms with E-state index in [9.17, 15) is 9.90 Å². The van der Waals surface area contributed by atoms with Gasteiger partial charge in [-0.3, -0.25) is 0 Å². The van der Waals surface area contributed by atoms with E-state index in [0.717, 1.165) is 0 Å². The Balaban J connectivity index is 0.00000128. The molecule has 0 bridgehead atoms. The first-order chi connectivity index (χ1) is 7.20. The van der Waals surface area contributed by atoms with Gasteiger partial charge < -0.3 is 14.4 Å². The topological polar surface area (TPSA) is 66.2 Å². The standard InChI is InChI=1S/C11H9NO3.Na/c1-7-9(11(13)14)10(12-15-7)8-5-3-2-4-6-8;/h2-6H,1H3,(H,13,14);/q;+1/p-1. The van der Waals surface area contributed by atoms with E-state index < -0.39 is 5.97 Å². The van der Waals surface area contributed by atoms with Crippen LogP contribution in [-0.4, -0.2) is 11.1 Å². The van der Waals surface area contributed by atoms with E-state index in [1.165, 1.54) is 0 Å². The van der Waals surface area contributed by atoms with Gasteiger partial charge in [0.05, 0.1) is 11.5 Å². The first kappa shape index (κ1) is 13.0. The number of aromatic nitrogens is 1. The van der Waals surface area contributed by atoms with Crippen molar-refractivity contribution in [3.63, 3.8) is 0 Å². The Morgan fingerprint density at radius 1 is 1.31 bits per heavy atom. The number of carbonyl (C=O) groups excluding carboxylic acids is 1. The van der Waals surface area contributed by atoms with Gasteiger partial charge >= 0.3 is 29.6 Å². The number of hydrogen-bond acceptors (Lipinski definition) is 4. The van der Waals surface area contributed by atoms with Crippen LogP contribution in [0.15, 0.2) is 34.9 Å². The first-order valence-corrected chi connectivity index (χ1v) is 4.43. The minimum Gasteiger partial charge on any atom is -0.545 e. The zero-order valence-electron chi connectivity index (χ0n) is 9.06. The molecule has 0 fully saturated rings. The Labute approximate surface area is 115 Å². The van der Waals surface area contributed by atoms with Crippen LogP contribution in [0, 0.1) is 6.92 Å². The van der Waals surface area contributed by atoms with Crippen LogP contribution in [0.1, 0.15) is 16.1 Å². The van der Waals surface area contributed by atoms with Crippen molar-refractivity contribution in [3.05, 3.63) is 41.7 Å². The molecule has 0 unspecified atom stereocenters. The van der Waals surface area contributed by atoms with Crippen molar-refractivity contribution in [1.29, 1.82) is 0 Å². The van der Waals surface area contributed by atoms with Crippen LogP contribution < -0.4 is 34.7 Å². The van der Waals surface area contributed by atoms with E-state index in [1.54, 1.807) is 31.2 Å². The Bertz CT molecular complexity index is 493. The van der Waals surface area contributed by atoms with E-state index in [2.05, 4.69) is 5.16 Å². The molecular formula is C11H8NNaO3. The van der Waals surface area contributed by atoms with E-state index in [0.29, 0.717) is 11.3 Å². The molecule has 0 saturated carbocycles. The third-order valence-corrected chi connectivity index (χ3v) is 2.11. The summed E-state index contributed by atoms with van der Waals surface area (Å²) in [4.78, 5) is 10.9. The van der Waals surface area contributed by atoms with Gasteiger partial charge in [0.2, 0.25) is 0 Å². The Kier molecular flexibility index (Phi) is 4.29. The van der Waals surface area contributed by atoms with Crippen molar-refractivity contribution < 1.29 is 44.0 Å². The molecule has 0 atom stereocenters. The van der Waals surface area contributed by atoms with Crippen molar-refractivity contribution in [3.8, 4) is 11.3 Å². The number of carboxylic acids is 1. The van der Waals surface area contributed by atoms with Crippen molar-refractivity contribution in [1.82, 2.24) is 5.16 Å². The van der Waals surface area contributed by atoms with Gasteiger partial charge in [-0.25, -0.2) is 0 Å². The second-order valence-corrected chi connectivity index (χ2v) is 3.12. The Morgan fingerprint density at radius 2 is 1.94 bits per heavy atom. The van der Waals surface area contributed by atoms with Crippen LogP contribution in [0.25, 0.3) is 11.3 Å². The average molecular weight is 225 g/mol. The van der Waals surface area contributed by atoms with Crippen LogP contribution >= 0.6 is 0 Å². The summed E-state index contributed by atoms with van der Waals surface area (Å²) in [6, 6.07) is 8.99. The number of aromatic carboxylic acids is 1. The number of nitrogens with zero attached hydrogens (tertiary/aromatic N) is 1. The summed E-state index contributed by atoms with van der Waals surface area (Å²) in [5.41, 5.74) is 1.03. The zero-order valence-corrected chi connectivity index (χ0v) is 11.1. The molecule has 1 aromatic carbocycles. The van der Waals surface area contributed by atoms with Crippen LogP contribution in [0.5, 0.6) is 0 Å². The van der Waals surface area contributed by atoms with E-state index in [1.807, 2.05) is 6.07 Å². The fourth-order valence-corrected chi connectivity index (χ4v) is 1.41. The quantitative estimate of drug-likeness (QED) is 0.555. The summed E-state index contributed by atoms with van der Waals surface area (Å²) in [6.45, 7) is 1.55. The molecule has 0 amide bonds. The summed E-state index contributed by atoms with van der Waals surface area (Å²) in [5, 5.41) is 14.6. The van der Waals surface area contributed by atoms with Crippen LogP contribution in [-0.2, 0) is 0 Å². The number of benzene rings is 1. The maximum absolute atomic E-state index is 10.9. The monoisotopic (exact) mass is 225 g/mol. The number of aryl methyl sites for hydroxylation is 1. The maximum Gasteiger partial charge on any atom is 1.00 e. The molecule has 2 aromatic rings. The molecule has 16 heavy (non-hydrogen) atoms. The smallest absolute Gasteiger partial charge is 0.545 e. The van der Waals surface area contributed by atoms with Crippen molar-refractivity contribution >= 4 is 5.97 Å². The molecule has 1 aromatic heterocycles. The largest absolute Gasteiger partial charge is 1.00 e. The number of hydrogen-bond donors (Lipinski definition) is 0. The fourth-order valence-electron chi connectivity index (χ4n) is 1.41. The number of rotatable bonds is 2. The Hall–Kier alpha value is -1.10. The van der Waals surface area contributed by atoms with E-state index >= 15 is 0 Å². The van der Waals surface area contributed by atoms with Gasteiger partial charge in [-0.15, -0.1) is 0 Å². The van der Waals surface area contributed by atoms with Gasteiger partial charge in [0.25, 0.3) is 0 Å². The summed E-state index contributed by atoms with van der Waals surface area (Å²) in [6.07, 6.45) is 0. The fraction of sp³-hybridized carbons (Fsp3) is 0.0909. The van der Waals surface area contributed by atoms with Gasteiger partial charge in [-0.05, 0) is 6.92 Å². The summed E-state index contributed by atoms with van der Waals surface area (Å²) in [7, 11) is 0. The molecule has 0 N–H and O–H groups in total. The maximum atomic E-state index is 10.9. The molecule has 5 heteroatoms. The van der Waals surface area contributed by atoms with Gasteiger partial charge in [-0.2, -0.15) is 0 Å². The molecule has 4 nitrogen and oxygen atoms in total. The summed E-state index contributed by atoms with van der Waals surface area (Å²) >= 11 is 0. The normalized spacial score (nSPS) is 9.56. The van der Waals surface area contributed by atoms with Crippen molar-refractivity contribution in [2.45, 2.75) is 6.92 Å². The third-order valence-electron chi connectivity index (χ3n) is 2.11. The predicted molar refractivity (Wildman–Crippen MR) is 51.0 cm³/mol. The molecule has 76 valence electrons. The number of carbonyl (C=O) groups is 1. The molecule has 0 spiro atoms. The molecule has 0 radical (unpaired) electrons. The van der Waals surface area contributed by atoms with Crippen molar-refractivity contribution in [2.75, 3.05) is 0 Å². The minimum absolute atomic E-state index is 0. The van der Waals surface area contributed by atoms with Gasteiger partial charge in [0.15, 0.2) is 0 Å². The SMILES string of the molecule is Cc1onc(-c2ccccc2)c1C(=O)[O-].[Na+]. The van der Waals surface area contributed by atoms with Gasteiger partial charge in [0.1, 0.15) is 11.5 Å². The van der Waals surface area contributed by atoms with Crippen molar-refractivity contribution in [2.24, 2.45) is 0 Å². The second-order valence-electron chi connectivity index (χ2n) is 3.12. The Morgan fingerprint density at radius 3 is 2.50 bits per heavy atom. The molecule has 1 heterocycles. The van der Waals surface area contributed by atoms with E-state index in [4.69, 9.17) is 4.52 Å². The number of carboxylic acid groups (broad SMARTS) is 1. The summed E-state index contributed by atoms with van der Waals surface area (Å²) < 4.78 is 4.84. The molecule has 0 aliphatic rings. The van der Waals surface area contributed by atoms with E-state index in [-0.39, 0.29) is 40.9 Å². The van der Waals surface area contributed by atoms with Crippen LogP contribution in [0.3, 0.4) is 0 Å². The summed E-state index contributed by atoms with van der Waals surface area (Å²) in [5.74, 6) is -1.01. The molecule has 0 saturated heterocycles. The second kappa shape index (κ2) is 5.30. The minimum atomic E-state index is -1.27. The first-order valence-electron chi connectivity index (χ1n) is 4.43. The van der Waals surface area contributed by atoms with Crippen LogP contribution in [0.4, 0.5) is 0 Å². The molecule has 2 rings (SSSR count). The third kappa shape index (κ3) is 2.35. The van der Waals surface area contributed by atoms with Crippen LogP contribution in [0.2, 0.25) is 0 Å². The predicted octanol–water partition coefficient (Wildman–Crippen LogP) is -1.98. The molecular weight excluding hydrogens is 217 g/mol. The zero-order chi connectivity index (χ0) is 10.8. The average Bonchev–Trinajstić information content (AvgIpc) is 2.61. The van der Waals surface area contributed by atoms with Gasteiger partial charge in [-0.1, -0.05) is 35.5 Å². The van der Waals surface area contributed by atoms with Gasteiger partial charge in [0, 0.05) is 5.56 Å². The molecule has 0 aliphatic carbocycles. The molecule has 0 aliphatic heterocycles.